The molecule has 7 nitrogen and oxygen atoms in total. The minimum absolute atomic E-state index is 0.0239. The molecular formula is C20H14F2N4O3. The quantitative estimate of drug-likeness (QED) is 0.559. The molecule has 0 aliphatic rings. The van der Waals surface area contributed by atoms with Crippen molar-refractivity contribution in [3.05, 3.63) is 76.8 Å². The molecule has 2 aromatic heterocycles. The topological polar surface area (TPSA) is 90.0 Å². The number of fused-ring (bicyclic) bond motifs is 1. The summed E-state index contributed by atoms with van der Waals surface area (Å²) in [5.41, 5.74) is 0.397. The molecule has 0 unspecified atom stereocenters. The first kappa shape index (κ1) is 18.5. The number of rotatable bonds is 5. The number of aromatic nitrogens is 3. The van der Waals surface area contributed by atoms with Crippen LogP contribution >= 0.6 is 0 Å². The van der Waals surface area contributed by atoms with Crippen LogP contribution in [-0.4, -0.2) is 20.6 Å². The van der Waals surface area contributed by atoms with Gasteiger partial charge in [0.05, 0.1) is 5.69 Å². The molecular weight excluding hydrogens is 382 g/mol. The fraction of sp³-hybridized carbons (Fsp3) is 0.100. The number of benzene rings is 2. The van der Waals surface area contributed by atoms with Crippen molar-refractivity contribution in [3.63, 3.8) is 0 Å². The lowest BCUT2D eigenvalue weighted by molar-refractivity contribution is -0.116. The van der Waals surface area contributed by atoms with E-state index in [9.17, 15) is 18.4 Å². The first-order valence-corrected chi connectivity index (χ1v) is 8.68. The molecule has 0 saturated carbocycles. The van der Waals surface area contributed by atoms with Crippen LogP contribution in [-0.2, 0) is 11.3 Å². The van der Waals surface area contributed by atoms with Gasteiger partial charge in [-0.05, 0) is 36.4 Å². The first-order valence-electron chi connectivity index (χ1n) is 8.68. The van der Waals surface area contributed by atoms with Gasteiger partial charge in [-0.15, -0.1) is 0 Å². The number of carbonyl (C=O) groups excluding carboxylic acids is 1. The summed E-state index contributed by atoms with van der Waals surface area (Å²) in [6, 6.07) is 11.2. The normalized spacial score (nSPS) is 11.0. The predicted octanol–water partition coefficient (Wildman–Crippen LogP) is 3.36. The Morgan fingerprint density at radius 2 is 1.86 bits per heavy atom. The van der Waals surface area contributed by atoms with Crippen molar-refractivity contribution in [3.8, 4) is 11.3 Å². The van der Waals surface area contributed by atoms with Gasteiger partial charge in [0.25, 0.3) is 11.3 Å². The molecule has 9 heteroatoms. The van der Waals surface area contributed by atoms with Crippen molar-refractivity contribution in [1.82, 2.24) is 14.7 Å². The molecule has 2 heterocycles. The Morgan fingerprint density at radius 1 is 1.10 bits per heavy atom. The van der Waals surface area contributed by atoms with E-state index >= 15 is 0 Å². The number of anilines is 1. The van der Waals surface area contributed by atoms with Gasteiger partial charge in [-0.25, -0.2) is 13.8 Å². The van der Waals surface area contributed by atoms with Crippen LogP contribution in [0.2, 0.25) is 0 Å². The lowest BCUT2D eigenvalue weighted by Crippen LogP contribution is -2.23. The summed E-state index contributed by atoms with van der Waals surface area (Å²) in [5, 5.41) is 6.46. The zero-order valence-electron chi connectivity index (χ0n) is 14.9. The number of halogens is 2. The Hall–Kier alpha value is -3.88. The first-order chi connectivity index (χ1) is 14.0. The van der Waals surface area contributed by atoms with Crippen LogP contribution in [0.3, 0.4) is 0 Å². The highest BCUT2D eigenvalue weighted by molar-refractivity contribution is 5.91. The van der Waals surface area contributed by atoms with Crippen LogP contribution in [0.1, 0.15) is 6.42 Å². The second-order valence-electron chi connectivity index (χ2n) is 6.24. The minimum Gasteiger partial charge on any atom is -0.335 e. The average molecular weight is 396 g/mol. The van der Waals surface area contributed by atoms with Gasteiger partial charge < -0.3 is 9.84 Å². The van der Waals surface area contributed by atoms with E-state index in [0.717, 1.165) is 0 Å². The third-order valence-electron chi connectivity index (χ3n) is 4.31. The number of hydrogen-bond donors (Lipinski definition) is 1. The molecule has 0 aliphatic heterocycles. The van der Waals surface area contributed by atoms with E-state index in [-0.39, 0.29) is 35.4 Å². The van der Waals surface area contributed by atoms with E-state index < -0.39 is 23.1 Å². The maximum Gasteiger partial charge on any atom is 0.266 e. The summed E-state index contributed by atoms with van der Waals surface area (Å²) in [6.07, 6.45) is 1.18. The largest absolute Gasteiger partial charge is 0.335 e. The Morgan fingerprint density at radius 3 is 2.62 bits per heavy atom. The summed E-state index contributed by atoms with van der Waals surface area (Å²) < 4.78 is 33.1. The van der Waals surface area contributed by atoms with Gasteiger partial charge in [0.2, 0.25) is 5.91 Å². The van der Waals surface area contributed by atoms with Gasteiger partial charge in [0.15, 0.2) is 0 Å². The number of carbonyl (C=O) groups is 1. The van der Waals surface area contributed by atoms with Crippen LogP contribution < -0.4 is 10.9 Å². The maximum absolute atomic E-state index is 13.6. The molecule has 4 aromatic rings. The smallest absolute Gasteiger partial charge is 0.266 e. The van der Waals surface area contributed by atoms with Crippen LogP contribution in [0.15, 0.2) is 64.2 Å². The maximum atomic E-state index is 13.6. The molecule has 2 aromatic carbocycles. The molecule has 0 atom stereocenters. The van der Waals surface area contributed by atoms with Gasteiger partial charge in [-0.3, -0.25) is 14.2 Å². The standard InChI is InChI=1S/C20H14F2N4O3/c21-13-7-5-12(6-8-13)18-17-19(29-25-18)23-11-26(20(17)28)10-9-16(27)24-15-4-2-1-3-14(15)22/h1-8,11H,9-10H2,(H,24,27). The van der Waals surface area contributed by atoms with Crippen molar-refractivity contribution in [1.29, 1.82) is 0 Å². The highest BCUT2D eigenvalue weighted by Crippen LogP contribution is 2.24. The van der Waals surface area contributed by atoms with Gasteiger partial charge in [0.1, 0.15) is 29.0 Å². The summed E-state index contributed by atoms with van der Waals surface area (Å²) in [4.78, 5) is 29.0. The Bertz CT molecular complexity index is 1250. The van der Waals surface area contributed by atoms with Crippen LogP contribution in [0, 0.1) is 11.6 Å². The molecule has 0 radical (unpaired) electrons. The van der Waals surface area contributed by atoms with E-state index in [0.29, 0.717) is 5.56 Å². The van der Waals surface area contributed by atoms with Gasteiger partial charge in [-0.2, -0.15) is 0 Å². The molecule has 4 rings (SSSR count). The van der Waals surface area contributed by atoms with Gasteiger partial charge >= 0.3 is 0 Å². The monoisotopic (exact) mass is 396 g/mol. The average Bonchev–Trinajstić information content (AvgIpc) is 3.15. The predicted molar refractivity (Wildman–Crippen MR) is 101 cm³/mol. The van der Waals surface area contributed by atoms with Crippen molar-refractivity contribution in [2.75, 3.05) is 5.32 Å². The van der Waals surface area contributed by atoms with Crippen LogP contribution in [0.5, 0.6) is 0 Å². The van der Waals surface area contributed by atoms with E-state index in [1.54, 1.807) is 6.07 Å². The fourth-order valence-corrected chi connectivity index (χ4v) is 2.84. The van der Waals surface area contributed by atoms with Crippen LogP contribution in [0.4, 0.5) is 14.5 Å². The molecule has 0 bridgehead atoms. The highest BCUT2D eigenvalue weighted by atomic mass is 19.1. The third kappa shape index (κ3) is 3.75. The number of hydrogen-bond acceptors (Lipinski definition) is 5. The molecule has 1 N–H and O–H groups in total. The molecule has 146 valence electrons. The van der Waals surface area contributed by atoms with Crippen molar-refractivity contribution in [2.45, 2.75) is 13.0 Å². The zero-order valence-corrected chi connectivity index (χ0v) is 14.9. The molecule has 1 amide bonds. The lowest BCUT2D eigenvalue weighted by Gasteiger charge is -2.07. The Kier molecular flexibility index (Phi) is 4.86. The summed E-state index contributed by atoms with van der Waals surface area (Å²) >= 11 is 0. The summed E-state index contributed by atoms with van der Waals surface area (Å²) in [5.74, 6) is -1.42. The highest BCUT2D eigenvalue weighted by Gasteiger charge is 2.17. The van der Waals surface area contributed by atoms with Gasteiger partial charge in [0, 0.05) is 18.5 Å². The SMILES string of the molecule is O=C(CCn1cnc2onc(-c3ccc(F)cc3)c2c1=O)Nc1ccccc1F. The van der Waals surface area contributed by atoms with Crippen LogP contribution in [0.25, 0.3) is 22.4 Å². The van der Waals surface area contributed by atoms with Crippen molar-refractivity contribution < 1.29 is 18.1 Å². The van der Waals surface area contributed by atoms with E-state index in [1.807, 2.05) is 0 Å². The Labute approximate surface area is 162 Å². The van der Waals surface area contributed by atoms with E-state index in [4.69, 9.17) is 4.52 Å². The zero-order chi connectivity index (χ0) is 20.4. The molecule has 0 fully saturated rings. The number of aryl methyl sites for hydroxylation is 1. The third-order valence-corrected chi connectivity index (χ3v) is 4.31. The Balaban J connectivity index is 1.57. The molecule has 0 saturated heterocycles. The summed E-state index contributed by atoms with van der Waals surface area (Å²) in [6.45, 7) is 0.0239. The van der Waals surface area contributed by atoms with Gasteiger partial charge in [-0.1, -0.05) is 17.3 Å². The lowest BCUT2D eigenvalue weighted by atomic mass is 10.1. The molecule has 29 heavy (non-hydrogen) atoms. The minimum atomic E-state index is -0.547. The second-order valence-corrected chi connectivity index (χ2v) is 6.24. The number of nitrogens with one attached hydrogen (secondary N) is 1. The second kappa shape index (κ2) is 7.63. The van der Waals surface area contributed by atoms with E-state index in [2.05, 4.69) is 15.5 Å². The van der Waals surface area contributed by atoms with Crippen molar-refractivity contribution >= 4 is 22.7 Å². The summed E-state index contributed by atoms with van der Waals surface area (Å²) in [7, 11) is 0. The number of para-hydroxylation sites is 1. The molecule has 0 spiro atoms. The van der Waals surface area contributed by atoms with E-state index in [1.165, 1.54) is 53.4 Å². The van der Waals surface area contributed by atoms with Crippen molar-refractivity contribution in [2.24, 2.45) is 0 Å². The molecule has 0 aliphatic carbocycles. The fourth-order valence-electron chi connectivity index (χ4n) is 2.84. The number of amides is 1. The number of nitrogens with zero attached hydrogens (tertiary/aromatic N) is 3.